The van der Waals surface area contributed by atoms with Crippen LogP contribution in [-0.4, -0.2) is 37.3 Å². The van der Waals surface area contributed by atoms with E-state index in [1.54, 1.807) is 6.92 Å². The van der Waals surface area contributed by atoms with E-state index in [9.17, 15) is 14.4 Å². The molecule has 0 aromatic heterocycles. The van der Waals surface area contributed by atoms with Gasteiger partial charge in [0.15, 0.2) is 6.04 Å². The molecule has 94 valence electrons. The first-order chi connectivity index (χ1) is 8.26. The summed E-state index contributed by atoms with van der Waals surface area (Å²) in [6.07, 6.45) is 5.53. The van der Waals surface area contributed by atoms with Crippen molar-refractivity contribution in [2.75, 3.05) is 13.2 Å². The fourth-order valence-corrected chi connectivity index (χ4v) is 1.29. The number of carbonyl (C=O) groups is 1. The van der Waals surface area contributed by atoms with Crippen molar-refractivity contribution in [2.45, 2.75) is 38.6 Å². The summed E-state index contributed by atoms with van der Waals surface area (Å²) in [5.41, 5.74) is 0. The Balaban J connectivity index is 3.88. The second-order valence-electron chi connectivity index (χ2n) is 3.31. The van der Waals surface area contributed by atoms with Crippen LogP contribution in [0.15, 0.2) is 9.98 Å². The molecule has 0 aliphatic rings. The number of esters is 1. The fourth-order valence-electron chi connectivity index (χ4n) is 1.29. The summed E-state index contributed by atoms with van der Waals surface area (Å²) in [6.45, 7) is 2.39. The fraction of sp³-hybridized carbons (Fsp3) is 0.727. The van der Waals surface area contributed by atoms with Gasteiger partial charge in [0.05, 0.1) is 13.2 Å². The van der Waals surface area contributed by atoms with Crippen LogP contribution in [0.1, 0.15) is 32.6 Å². The standard InChI is InChI=1S/C11H16N2O4/c1-2-17-11(16)10(13-9-15)6-4-3-5-7-12-8-14/h10H,2-7H2,1H3/t10-/m0/s1. The molecule has 17 heavy (non-hydrogen) atoms. The molecule has 0 amide bonds. The quantitative estimate of drug-likeness (QED) is 0.262. The number of unbranched alkanes of at least 4 members (excludes halogenated alkanes) is 2. The summed E-state index contributed by atoms with van der Waals surface area (Å²) in [6, 6.07) is -0.762. The van der Waals surface area contributed by atoms with Crippen molar-refractivity contribution in [1.29, 1.82) is 0 Å². The highest BCUT2D eigenvalue weighted by atomic mass is 16.5. The number of hydrogen-bond acceptors (Lipinski definition) is 6. The van der Waals surface area contributed by atoms with E-state index in [1.165, 1.54) is 12.2 Å². The monoisotopic (exact) mass is 240 g/mol. The maximum Gasteiger partial charge on any atom is 0.331 e. The van der Waals surface area contributed by atoms with Gasteiger partial charge in [0.2, 0.25) is 12.2 Å². The van der Waals surface area contributed by atoms with E-state index in [0.29, 0.717) is 19.4 Å². The van der Waals surface area contributed by atoms with Crippen LogP contribution >= 0.6 is 0 Å². The van der Waals surface area contributed by atoms with Crippen LogP contribution < -0.4 is 0 Å². The minimum Gasteiger partial charge on any atom is -0.464 e. The summed E-state index contributed by atoms with van der Waals surface area (Å²) in [4.78, 5) is 38.1. The molecule has 6 heteroatoms. The van der Waals surface area contributed by atoms with Gasteiger partial charge in [0, 0.05) is 0 Å². The summed E-state index contributed by atoms with van der Waals surface area (Å²) in [7, 11) is 0. The molecule has 0 aliphatic carbocycles. The van der Waals surface area contributed by atoms with Crippen molar-refractivity contribution in [3.63, 3.8) is 0 Å². The van der Waals surface area contributed by atoms with E-state index in [-0.39, 0.29) is 6.61 Å². The molecule has 0 spiro atoms. The van der Waals surface area contributed by atoms with Crippen LogP contribution in [0.4, 0.5) is 0 Å². The lowest BCUT2D eigenvalue weighted by Gasteiger charge is -2.08. The van der Waals surface area contributed by atoms with Crippen molar-refractivity contribution in [3.8, 4) is 0 Å². The second kappa shape index (κ2) is 10.7. The summed E-state index contributed by atoms with van der Waals surface area (Å²) in [5, 5.41) is 0. The first-order valence-corrected chi connectivity index (χ1v) is 5.53. The van der Waals surface area contributed by atoms with Crippen molar-refractivity contribution in [1.82, 2.24) is 0 Å². The molecule has 0 heterocycles. The lowest BCUT2D eigenvalue weighted by atomic mass is 10.1. The van der Waals surface area contributed by atoms with E-state index in [1.807, 2.05) is 0 Å². The average molecular weight is 240 g/mol. The molecule has 0 aliphatic heterocycles. The third-order valence-corrected chi connectivity index (χ3v) is 2.08. The highest BCUT2D eigenvalue weighted by Crippen LogP contribution is 2.08. The van der Waals surface area contributed by atoms with E-state index < -0.39 is 12.0 Å². The molecular weight excluding hydrogens is 224 g/mol. The van der Waals surface area contributed by atoms with Gasteiger partial charge in [-0.15, -0.1) is 0 Å². The number of rotatable bonds is 9. The van der Waals surface area contributed by atoms with Gasteiger partial charge in [-0.05, 0) is 19.8 Å². The van der Waals surface area contributed by atoms with E-state index >= 15 is 0 Å². The van der Waals surface area contributed by atoms with E-state index in [4.69, 9.17) is 4.74 Å². The number of isocyanates is 2. The molecule has 0 saturated heterocycles. The van der Waals surface area contributed by atoms with Gasteiger partial charge in [-0.2, -0.15) is 4.99 Å². The zero-order valence-corrected chi connectivity index (χ0v) is 9.85. The first kappa shape index (κ1) is 15.2. The van der Waals surface area contributed by atoms with Crippen LogP contribution in [-0.2, 0) is 19.1 Å². The van der Waals surface area contributed by atoms with Crippen molar-refractivity contribution < 1.29 is 19.1 Å². The maximum absolute atomic E-state index is 11.3. The second-order valence-corrected chi connectivity index (χ2v) is 3.31. The van der Waals surface area contributed by atoms with Gasteiger partial charge in [-0.1, -0.05) is 12.8 Å². The predicted octanol–water partition coefficient (Wildman–Crippen LogP) is 1.15. The van der Waals surface area contributed by atoms with E-state index in [2.05, 4.69) is 9.98 Å². The van der Waals surface area contributed by atoms with Gasteiger partial charge in [-0.3, -0.25) is 0 Å². The zero-order chi connectivity index (χ0) is 12.9. The largest absolute Gasteiger partial charge is 0.464 e. The molecule has 6 nitrogen and oxygen atoms in total. The minimum absolute atomic E-state index is 0.262. The van der Waals surface area contributed by atoms with Crippen molar-refractivity contribution in [2.24, 2.45) is 9.98 Å². The van der Waals surface area contributed by atoms with Crippen LogP contribution in [0.5, 0.6) is 0 Å². The number of ether oxygens (including phenoxy) is 1. The summed E-state index contributed by atoms with van der Waals surface area (Å²) < 4.78 is 4.77. The number of aliphatic imine (C=N–C) groups is 2. The highest BCUT2D eigenvalue weighted by molar-refractivity contribution is 5.76. The Kier molecular flexibility index (Phi) is 9.62. The van der Waals surface area contributed by atoms with Gasteiger partial charge in [0.25, 0.3) is 0 Å². The number of hydrogen-bond donors (Lipinski definition) is 0. The normalized spacial score (nSPS) is 10.9. The van der Waals surface area contributed by atoms with E-state index in [0.717, 1.165) is 12.8 Å². The average Bonchev–Trinajstić information content (AvgIpc) is 2.32. The van der Waals surface area contributed by atoms with Crippen LogP contribution in [0.2, 0.25) is 0 Å². The number of carbonyl (C=O) groups excluding carboxylic acids is 3. The van der Waals surface area contributed by atoms with Gasteiger partial charge < -0.3 is 4.74 Å². The Labute approximate surface area is 99.8 Å². The Hall–Kier alpha value is -1.77. The smallest absolute Gasteiger partial charge is 0.331 e. The first-order valence-electron chi connectivity index (χ1n) is 5.53. The highest BCUT2D eigenvalue weighted by Gasteiger charge is 2.17. The lowest BCUT2D eigenvalue weighted by Crippen LogP contribution is -2.21. The summed E-state index contributed by atoms with van der Waals surface area (Å²) >= 11 is 0. The predicted molar refractivity (Wildman–Crippen MR) is 60.0 cm³/mol. The van der Waals surface area contributed by atoms with Crippen molar-refractivity contribution >= 4 is 18.1 Å². The molecule has 0 radical (unpaired) electrons. The molecule has 0 bridgehead atoms. The minimum atomic E-state index is -0.762. The molecule has 0 aromatic carbocycles. The molecule has 0 unspecified atom stereocenters. The van der Waals surface area contributed by atoms with Crippen LogP contribution in [0.25, 0.3) is 0 Å². The Morgan fingerprint density at radius 3 is 2.59 bits per heavy atom. The van der Waals surface area contributed by atoms with Gasteiger partial charge >= 0.3 is 5.97 Å². The van der Waals surface area contributed by atoms with Gasteiger partial charge in [0.1, 0.15) is 0 Å². The SMILES string of the molecule is CCOC(=O)[C@H](CCCCCN=C=O)N=C=O. The molecular formula is C11H16N2O4. The Morgan fingerprint density at radius 2 is 2.00 bits per heavy atom. The topological polar surface area (TPSA) is 85.2 Å². The van der Waals surface area contributed by atoms with Crippen LogP contribution in [0.3, 0.4) is 0 Å². The number of nitrogens with zero attached hydrogens (tertiary/aromatic N) is 2. The van der Waals surface area contributed by atoms with Crippen LogP contribution in [0, 0.1) is 0 Å². The molecule has 0 N–H and O–H groups in total. The Bertz CT molecular complexity index is 317. The Morgan fingerprint density at radius 1 is 1.24 bits per heavy atom. The third kappa shape index (κ3) is 8.08. The molecule has 0 rings (SSSR count). The molecule has 1 atom stereocenters. The summed E-state index contributed by atoms with van der Waals surface area (Å²) in [5.74, 6) is -0.498. The zero-order valence-electron chi connectivity index (χ0n) is 9.85. The third-order valence-electron chi connectivity index (χ3n) is 2.08. The molecule has 0 saturated carbocycles. The lowest BCUT2D eigenvalue weighted by molar-refractivity contribution is -0.144. The van der Waals surface area contributed by atoms with Crippen molar-refractivity contribution in [3.05, 3.63) is 0 Å². The maximum atomic E-state index is 11.3. The van der Waals surface area contributed by atoms with Gasteiger partial charge in [-0.25, -0.2) is 19.4 Å². The molecule has 0 fully saturated rings. The molecule has 0 aromatic rings.